The highest BCUT2D eigenvalue weighted by molar-refractivity contribution is 6.34. The van der Waals surface area contributed by atoms with Gasteiger partial charge in [-0.05, 0) is 68.7 Å². The molecule has 5 aromatic rings. The number of aromatic nitrogens is 4. The third kappa shape index (κ3) is 4.99. The number of benzene rings is 3. The molecular formula is C33H30ClN5O3. The van der Waals surface area contributed by atoms with Crippen LogP contribution in [0.5, 0.6) is 0 Å². The zero-order chi connectivity index (χ0) is 29.4. The molecule has 0 saturated carbocycles. The zero-order valence-corrected chi connectivity index (χ0v) is 24.4. The first-order chi connectivity index (χ1) is 20.3. The molecular weight excluding hydrogens is 550 g/mol. The third-order valence-corrected chi connectivity index (χ3v) is 8.23. The Morgan fingerprint density at radius 1 is 1.07 bits per heavy atom. The maximum Gasteiger partial charge on any atom is 0.330 e. The minimum atomic E-state index is -0.698. The molecule has 0 spiro atoms. The Kier molecular flexibility index (Phi) is 7.16. The summed E-state index contributed by atoms with van der Waals surface area (Å²) >= 11 is 6.67. The smallest absolute Gasteiger partial charge is 0.330 e. The molecule has 1 aliphatic heterocycles. The van der Waals surface area contributed by atoms with Gasteiger partial charge >= 0.3 is 5.97 Å². The third-order valence-electron chi connectivity index (χ3n) is 7.92. The molecule has 212 valence electrons. The van der Waals surface area contributed by atoms with Crippen LogP contribution in [-0.4, -0.2) is 38.3 Å². The number of carbonyl (C=O) groups excluding carboxylic acids is 2. The zero-order valence-electron chi connectivity index (χ0n) is 23.6. The van der Waals surface area contributed by atoms with E-state index in [-0.39, 0.29) is 5.91 Å². The molecule has 8 nitrogen and oxygen atoms in total. The van der Waals surface area contributed by atoms with E-state index in [0.717, 1.165) is 39.0 Å². The molecule has 0 unspecified atom stereocenters. The summed E-state index contributed by atoms with van der Waals surface area (Å²) in [5, 5.41) is 9.11. The normalized spacial score (nSPS) is 16.5. The first-order valence-electron chi connectivity index (χ1n) is 13.7. The summed E-state index contributed by atoms with van der Waals surface area (Å²) in [6, 6.07) is 21.6. The van der Waals surface area contributed by atoms with Crippen molar-refractivity contribution in [1.82, 2.24) is 24.6 Å². The number of carbonyl (C=O) groups is 2. The van der Waals surface area contributed by atoms with E-state index in [9.17, 15) is 9.59 Å². The maximum absolute atomic E-state index is 13.9. The van der Waals surface area contributed by atoms with Gasteiger partial charge in [0.15, 0.2) is 0 Å². The van der Waals surface area contributed by atoms with Crippen molar-refractivity contribution >= 4 is 40.5 Å². The Hall–Kier alpha value is -4.69. The van der Waals surface area contributed by atoms with Crippen LogP contribution in [0.25, 0.3) is 22.7 Å². The number of hydrogen-bond acceptors (Lipinski definition) is 5. The largest absolute Gasteiger partial charge is 0.466 e. The second kappa shape index (κ2) is 10.9. The molecule has 0 saturated heterocycles. The maximum atomic E-state index is 13.9. The van der Waals surface area contributed by atoms with Gasteiger partial charge in [-0.15, -0.1) is 0 Å². The molecule has 3 aromatic carbocycles. The molecule has 1 atom stereocenters. The van der Waals surface area contributed by atoms with Gasteiger partial charge in [-0.1, -0.05) is 53.6 Å². The second-order valence-electron chi connectivity index (χ2n) is 10.6. The summed E-state index contributed by atoms with van der Waals surface area (Å²) in [5.41, 5.74) is 5.69. The summed E-state index contributed by atoms with van der Waals surface area (Å²) in [7, 11) is 1.37. The number of nitrogens with zero attached hydrogens (tertiary/aromatic N) is 4. The van der Waals surface area contributed by atoms with Crippen molar-refractivity contribution in [3.8, 4) is 5.69 Å². The highest BCUT2D eigenvalue weighted by Crippen LogP contribution is 2.40. The number of amides is 1. The van der Waals surface area contributed by atoms with Crippen molar-refractivity contribution in [3.05, 3.63) is 118 Å². The standard InChI is InChI=1S/C33H30ClN5O3/c1-21-9-13-29-27(17-21)25(12-14-31(40)42-3)30-15-16-33(19-38(29)30,23-7-5-4-6-8-23)36-32(41)26-11-10-24(18-28(26)34)39-20-35-22(2)37-39/h4-14,17-18,20H,15-16,19H2,1-3H3,(H,36,41)/b14-12+/t33-/m1/s1. The highest BCUT2D eigenvalue weighted by atomic mass is 35.5. The van der Waals surface area contributed by atoms with E-state index < -0.39 is 11.5 Å². The van der Waals surface area contributed by atoms with Gasteiger partial charge in [0.1, 0.15) is 12.2 Å². The lowest BCUT2D eigenvalue weighted by atomic mass is 9.81. The van der Waals surface area contributed by atoms with Crippen molar-refractivity contribution in [1.29, 1.82) is 0 Å². The van der Waals surface area contributed by atoms with Crippen LogP contribution >= 0.6 is 11.6 Å². The molecule has 0 radical (unpaired) electrons. The van der Waals surface area contributed by atoms with Crippen molar-refractivity contribution in [2.75, 3.05) is 7.11 Å². The number of aryl methyl sites for hydroxylation is 2. The predicted octanol–water partition coefficient (Wildman–Crippen LogP) is 5.95. The van der Waals surface area contributed by atoms with Gasteiger partial charge in [-0.3, -0.25) is 4.79 Å². The van der Waals surface area contributed by atoms with E-state index in [0.29, 0.717) is 35.8 Å². The van der Waals surface area contributed by atoms with E-state index in [1.807, 2.05) is 37.3 Å². The van der Waals surface area contributed by atoms with Crippen molar-refractivity contribution in [3.63, 3.8) is 0 Å². The Bertz CT molecular complexity index is 1860. The van der Waals surface area contributed by atoms with Gasteiger partial charge in [0.25, 0.3) is 5.91 Å². The van der Waals surface area contributed by atoms with Crippen LogP contribution < -0.4 is 5.32 Å². The minimum absolute atomic E-state index is 0.258. The van der Waals surface area contributed by atoms with Gasteiger partial charge in [0, 0.05) is 28.2 Å². The van der Waals surface area contributed by atoms with Crippen molar-refractivity contribution < 1.29 is 14.3 Å². The van der Waals surface area contributed by atoms with Crippen LogP contribution in [0.2, 0.25) is 5.02 Å². The molecule has 1 amide bonds. The van der Waals surface area contributed by atoms with Crippen LogP contribution in [0, 0.1) is 13.8 Å². The van der Waals surface area contributed by atoms with Crippen LogP contribution in [0.15, 0.2) is 79.1 Å². The van der Waals surface area contributed by atoms with E-state index in [1.165, 1.54) is 13.2 Å². The fraction of sp³-hybridized carbons (Fsp3) is 0.212. The lowest BCUT2D eigenvalue weighted by molar-refractivity contribution is -0.134. The fourth-order valence-electron chi connectivity index (χ4n) is 5.84. The fourth-order valence-corrected chi connectivity index (χ4v) is 6.10. The number of methoxy groups -OCH3 is 1. The Morgan fingerprint density at radius 3 is 2.60 bits per heavy atom. The molecule has 6 rings (SSSR count). The predicted molar refractivity (Wildman–Crippen MR) is 163 cm³/mol. The summed E-state index contributed by atoms with van der Waals surface area (Å²) in [5.74, 6) is -0.0166. The number of ether oxygens (including phenoxy) is 1. The Labute approximate surface area is 248 Å². The van der Waals surface area contributed by atoms with Gasteiger partial charge in [-0.25, -0.2) is 14.5 Å². The first kappa shape index (κ1) is 27.5. The number of nitrogens with one attached hydrogen (secondary N) is 1. The number of esters is 1. The van der Waals surface area contributed by atoms with E-state index in [4.69, 9.17) is 16.3 Å². The first-order valence-corrected chi connectivity index (χ1v) is 14.1. The summed E-state index contributed by atoms with van der Waals surface area (Å²) < 4.78 is 8.74. The van der Waals surface area contributed by atoms with Crippen molar-refractivity contribution in [2.24, 2.45) is 0 Å². The molecule has 0 fully saturated rings. The second-order valence-corrected chi connectivity index (χ2v) is 11.0. The lowest BCUT2D eigenvalue weighted by Crippen LogP contribution is -2.51. The summed E-state index contributed by atoms with van der Waals surface area (Å²) in [4.78, 5) is 30.0. The number of fused-ring (bicyclic) bond motifs is 3. The lowest BCUT2D eigenvalue weighted by Gasteiger charge is -2.40. The van der Waals surface area contributed by atoms with Gasteiger partial charge in [-0.2, -0.15) is 5.10 Å². The summed E-state index contributed by atoms with van der Waals surface area (Å²) in [6.07, 6.45) is 6.26. The van der Waals surface area contributed by atoms with E-state index in [2.05, 4.69) is 57.2 Å². The summed E-state index contributed by atoms with van der Waals surface area (Å²) in [6.45, 7) is 4.38. The molecule has 1 N–H and O–H groups in total. The molecule has 0 aliphatic carbocycles. The average Bonchev–Trinajstić information content (AvgIpc) is 3.56. The molecule has 3 heterocycles. The van der Waals surface area contributed by atoms with E-state index >= 15 is 0 Å². The molecule has 1 aliphatic rings. The molecule has 0 bridgehead atoms. The minimum Gasteiger partial charge on any atom is -0.466 e. The Morgan fingerprint density at radius 2 is 1.88 bits per heavy atom. The highest BCUT2D eigenvalue weighted by Gasteiger charge is 2.39. The van der Waals surface area contributed by atoms with Crippen LogP contribution in [0.3, 0.4) is 0 Å². The van der Waals surface area contributed by atoms with Gasteiger partial charge in [0.05, 0.1) is 35.5 Å². The SMILES string of the molecule is COC(=O)/C=C/c1c2n(c3ccc(C)cc13)C[C@@](NC(=O)c1ccc(-n3cnc(C)n3)cc1Cl)(c1ccccc1)CC2. The molecule has 42 heavy (non-hydrogen) atoms. The quantitative estimate of drug-likeness (QED) is 0.198. The van der Waals surface area contributed by atoms with Crippen LogP contribution in [0.1, 0.15) is 45.0 Å². The molecule has 2 aromatic heterocycles. The number of rotatable bonds is 6. The number of hydrogen-bond donors (Lipinski definition) is 1. The van der Waals surface area contributed by atoms with Crippen LogP contribution in [0.4, 0.5) is 0 Å². The molecule has 9 heteroatoms. The number of halogens is 1. The monoisotopic (exact) mass is 579 g/mol. The van der Waals surface area contributed by atoms with Gasteiger partial charge < -0.3 is 14.6 Å². The van der Waals surface area contributed by atoms with Crippen LogP contribution in [-0.2, 0) is 28.0 Å². The average molecular weight is 580 g/mol. The van der Waals surface area contributed by atoms with Crippen molar-refractivity contribution in [2.45, 2.75) is 38.8 Å². The topological polar surface area (TPSA) is 91.0 Å². The van der Waals surface area contributed by atoms with E-state index in [1.54, 1.807) is 23.1 Å². The van der Waals surface area contributed by atoms with Gasteiger partial charge in [0.2, 0.25) is 0 Å². The Balaban J connectivity index is 1.41.